The standard InChI is InChI=1S/C27H23NO2/c1-17-12-13-18(2)25-21(17)14-15-23(28-25)26-19(3)22-10-7-11-24(27(22)30-26)29-16-20-8-5-4-6-9-20/h4-15H,16H2,1-3H3. The highest BCUT2D eigenvalue weighted by Crippen LogP contribution is 2.38. The summed E-state index contributed by atoms with van der Waals surface area (Å²) in [6.07, 6.45) is 0. The minimum atomic E-state index is 0.502. The van der Waals surface area contributed by atoms with E-state index in [9.17, 15) is 0 Å². The van der Waals surface area contributed by atoms with Crippen LogP contribution in [0.5, 0.6) is 5.75 Å². The van der Waals surface area contributed by atoms with Crippen molar-refractivity contribution in [2.45, 2.75) is 27.4 Å². The third-order valence-corrected chi connectivity index (χ3v) is 5.67. The number of nitrogens with zero attached hydrogens (tertiary/aromatic N) is 1. The lowest BCUT2D eigenvalue weighted by Gasteiger charge is -2.07. The van der Waals surface area contributed by atoms with E-state index in [1.54, 1.807) is 0 Å². The van der Waals surface area contributed by atoms with Crippen LogP contribution in [0.25, 0.3) is 33.3 Å². The molecule has 0 fully saturated rings. The number of aryl methyl sites for hydroxylation is 3. The molecule has 0 amide bonds. The average molecular weight is 393 g/mol. The molecule has 2 heterocycles. The molecule has 5 aromatic rings. The van der Waals surface area contributed by atoms with Gasteiger partial charge in [0.1, 0.15) is 12.3 Å². The number of hydrogen-bond acceptors (Lipinski definition) is 3. The maximum atomic E-state index is 6.34. The summed E-state index contributed by atoms with van der Waals surface area (Å²) < 4.78 is 12.4. The van der Waals surface area contributed by atoms with E-state index in [1.807, 2.05) is 36.4 Å². The zero-order chi connectivity index (χ0) is 20.7. The molecule has 3 heteroatoms. The highest BCUT2D eigenvalue weighted by Gasteiger charge is 2.17. The minimum absolute atomic E-state index is 0.502. The molecule has 0 saturated heterocycles. The number of fused-ring (bicyclic) bond motifs is 2. The highest BCUT2D eigenvalue weighted by molar-refractivity contribution is 5.92. The van der Waals surface area contributed by atoms with Gasteiger partial charge in [-0.25, -0.2) is 4.98 Å². The van der Waals surface area contributed by atoms with Crippen molar-refractivity contribution >= 4 is 21.9 Å². The van der Waals surface area contributed by atoms with Crippen LogP contribution < -0.4 is 4.74 Å². The lowest BCUT2D eigenvalue weighted by Crippen LogP contribution is -1.94. The first-order valence-corrected chi connectivity index (χ1v) is 10.2. The molecule has 0 bridgehead atoms. The van der Waals surface area contributed by atoms with Crippen molar-refractivity contribution in [2.75, 3.05) is 0 Å². The minimum Gasteiger partial charge on any atom is -0.485 e. The maximum absolute atomic E-state index is 6.34. The second kappa shape index (κ2) is 7.34. The summed E-state index contributed by atoms with van der Waals surface area (Å²) in [5.74, 6) is 1.54. The number of rotatable bonds is 4. The van der Waals surface area contributed by atoms with E-state index in [-0.39, 0.29) is 0 Å². The summed E-state index contributed by atoms with van der Waals surface area (Å²) >= 11 is 0. The number of aromatic nitrogens is 1. The van der Waals surface area contributed by atoms with Crippen LogP contribution in [0.1, 0.15) is 22.3 Å². The quantitative estimate of drug-likeness (QED) is 0.325. The Morgan fingerprint density at radius 3 is 2.40 bits per heavy atom. The van der Waals surface area contributed by atoms with Gasteiger partial charge >= 0.3 is 0 Å². The molecule has 0 atom stereocenters. The van der Waals surface area contributed by atoms with Crippen LogP contribution in [0.15, 0.2) is 77.2 Å². The Morgan fingerprint density at radius 2 is 1.57 bits per heavy atom. The van der Waals surface area contributed by atoms with Crippen LogP contribution in [0.4, 0.5) is 0 Å². The number of pyridine rings is 1. The number of ether oxygens (including phenoxy) is 1. The van der Waals surface area contributed by atoms with Crippen molar-refractivity contribution in [1.82, 2.24) is 4.98 Å². The first-order valence-electron chi connectivity index (χ1n) is 10.2. The SMILES string of the molecule is Cc1ccc(C)c2nc(-c3oc4c(OCc5ccccc5)cccc4c3C)ccc12. The summed E-state index contributed by atoms with van der Waals surface area (Å²) in [6.45, 7) is 6.80. The average Bonchev–Trinajstić information content (AvgIpc) is 3.12. The Kier molecular flexibility index (Phi) is 4.51. The molecule has 0 aliphatic heterocycles. The zero-order valence-corrected chi connectivity index (χ0v) is 17.4. The molecule has 0 aliphatic carbocycles. The highest BCUT2D eigenvalue weighted by atomic mass is 16.5. The predicted molar refractivity (Wildman–Crippen MR) is 122 cm³/mol. The first-order chi connectivity index (χ1) is 14.6. The molecule has 3 aromatic carbocycles. The van der Waals surface area contributed by atoms with Gasteiger partial charge < -0.3 is 9.15 Å². The summed E-state index contributed by atoms with van der Waals surface area (Å²) in [5.41, 5.74) is 7.23. The van der Waals surface area contributed by atoms with Gasteiger partial charge in [-0.1, -0.05) is 60.7 Å². The molecule has 30 heavy (non-hydrogen) atoms. The van der Waals surface area contributed by atoms with Gasteiger partial charge in [-0.15, -0.1) is 0 Å². The Balaban J connectivity index is 1.58. The zero-order valence-electron chi connectivity index (χ0n) is 17.4. The van der Waals surface area contributed by atoms with Crippen LogP contribution in [0, 0.1) is 20.8 Å². The van der Waals surface area contributed by atoms with Gasteiger partial charge in [0, 0.05) is 16.3 Å². The smallest absolute Gasteiger partial charge is 0.177 e. The van der Waals surface area contributed by atoms with Crippen molar-refractivity contribution in [3.63, 3.8) is 0 Å². The van der Waals surface area contributed by atoms with Gasteiger partial charge in [0.25, 0.3) is 0 Å². The number of para-hydroxylation sites is 1. The molecular formula is C27H23NO2. The summed E-state index contributed by atoms with van der Waals surface area (Å²) in [6, 6.07) is 24.6. The van der Waals surface area contributed by atoms with Gasteiger partial charge in [0.15, 0.2) is 17.1 Å². The van der Waals surface area contributed by atoms with E-state index in [1.165, 1.54) is 10.9 Å². The fourth-order valence-corrected chi connectivity index (χ4v) is 3.93. The van der Waals surface area contributed by atoms with Gasteiger partial charge in [-0.3, -0.25) is 0 Å². The fraction of sp³-hybridized carbons (Fsp3) is 0.148. The van der Waals surface area contributed by atoms with Gasteiger partial charge in [-0.2, -0.15) is 0 Å². The monoisotopic (exact) mass is 393 g/mol. The summed E-state index contributed by atoms with van der Waals surface area (Å²) in [4.78, 5) is 4.95. The third-order valence-electron chi connectivity index (χ3n) is 5.67. The van der Waals surface area contributed by atoms with E-state index in [0.29, 0.717) is 6.61 Å². The van der Waals surface area contributed by atoms with Crippen molar-refractivity contribution in [3.8, 4) is 17.2 Å². The van der Waals surface area contributed by atoms with Gasteiger partial charge in [0.05, 0.1) is 5.52 Å². The maximum Gasteiger partial charge on any atom is 0.177 e. The summed E-state index contributed by atoms with van der Waals surface area (Å²) in [5, 5.41) is 2.23. The Bertz CT molecular complexity index is 1370. The molecule has 2 aromatic heterocycles. The number of furan rings is 1. The molecule has 0 N–H and O–H groups in total. The fourth-order valence-electron chi connectivity index (χ4n) is 3.93. The van der Waals surface area contributed by atoms with Crippen LogP contribution in [-0.4, -0.2) is 4.98 Å². The molecule has 0 spiro atoms. The van der Waals surface area contributed by atoms with Crippen LogP contribution in [-0.2, 0) is 6.61 Å². The van der Waals surface area contributed by atoms with E-state index in [4.69, 9.17) is 14.1 Å². The van der Waals surface area contributed by atoms with E-state index < -0.39 is 0 Å². The van der Waals surface area contributed by atoms with E-state index >= 15 is 0 Å². The van der Waals surface area contributed by atoms with Crippen LogP contribution in [0.3, 0.4) is 0 Å². The first kappa shape index (κ1) is 18.4. The Hall–Kier alpha value is -3.59. The lowest BCUT2D eigenvalue weighted by atomic mass is 10.0. The molecule has 0 aliphatic rings. The largest absolute Gasteiger partial charge is 0.485 e. The third kappa shape index (κ3) is 3.13. The number of benzene rings is 3. The molecule has 0 saturated carbocycles. The van der Waals surface area contributed by atoms with E-state index in [2.05, 4.69) is 57.2 Å². The Labute approximate surface area is 175 Å². The van der Waals surface area contributed by atoms with Crippen molar-refractivity contribution in [2.24, 2.45) is 0 Å². The Morgan fingerprint density at radius 1 is 0.767 bits per heavy atom. The molecule has 5 rings (SSSR count). The summed E-state index contributed by atoms with van der Waals surface area (Å²) in [7, 11) is 0. The molecule has 0 radical (unpaired) electrons. The predicted octanol–water partition coefficient (Wildman–Crippen LogP) is 7.15. The molecule has 0 unspecified atom stereocenters. The van der Waals surface area contributed by atoms with Gasteiger partial charge in [0.2, 0.25) is 0 Å². The van der Waals surface area contributed by atoms with Crippen molar-refractivity contribution < 1.29 is 9.15 Å². The topological polar surface area (TPSA) is 35.3 Å². The second-order valence-corrected chi connectivity index (χ2v) is 7.76. The molecule has 3 nitrogen and oxygen atoms in total. The molecule has 148 valence electrons. The van der Waals surface area contributed by atoms with Crippen molar-refractivity contribution in [3.05, 3.63) is 95.1 Å². The lowest BCUT2D eigenvalue weighted by molar-refractivity contribution is 0.305. The number of hydrogen-bond donors (Lipinski definition) is 0. The normalized spacial score (nSPS) is 11.3. The van der Waals surface area contributed by atoms with Crippen LogP contribution in [0.2, 0.25) is 0 Å². The van der Waals surface area contributed by atoms with Crippen molar-refractivity contribution in [1.29, 1.82) is 0 Å². The molecular weight excluding hydrogens is 370 g/mol. The van der Waals surface area contributed by atoms with Crippen LogP contribution >= 0.6 is 0 Å². The van der Waals surface area contributed by atoms with E-state index in [0.717, 1.165) is 50.4 Å². The van der Waals surface area contributed by atoms with Gasteiger partial charge in [-0.05, 0) is 49.6 Å². The second-order valence-electron chi connectivity index (χ2n) is 7.76.